The van der Waals surface area contributed by atoms with Crippen LogP contribution in [0.2, 0.25) is 5.02 Å². The van der Waals surface area contributed by atoms with Gasteiger partial charge in [0.25, 0.3) is 0 Å². The van der Waals surface area contributed by atoms with Crippen LogP contribution in [0.1, 0.15) is 0 Å². The summed E-state index contributed by atoms with van der Waals surface area (Å²) in [6, 6.07) is 6.00. The Hall–Kier alpha value is -2.29. The van der Waals surface area contributed by atoms with Crippen molar-refractivity contribution in [2.75, 3.05) is 69.2 Å². The van der Waals surface area contributed by atoms with Crippen molar-refractivity contribution in [3.8, 4) is 5.75 Å². The molecule has 146 valence electrons. The summed E-state index contributed by atoms with van der Waals surface area (Å²) in [4.78, 5) is 10.9. The van der Waals surface area contributed by atoms with Crippen molar-refractivity contribution in [1.82, 2.24) is 9.97 Å². The maximum absolute atomic E-state index is 6.15. The SMILES string of the molecule is COCCNc1nc(Nc2ccc(N3CCOCC3)cc2OC)ncc1Cl. The maximum atomic E-state index is 6.15. The number of nitrogens with one attached hydrogen (secondary N) is 2. The molecule has 2 aromatic rings. The Labute approximate surface area is 163 Å². The number of methoxy groups -OCH3 is 2. The average Bonchev–Trinajstić information content (AvgIpc) is 2.71. The molecule has 3 rings (SSSR count). The fourth-order valence-corrected chi connectivity index (χ4v) is 2.90. The first-order chi connectivity index (χ1) is 13.2. The molecule has 0 atom stereocenters. The van der Waals surface area contributed by atoms with Gasteiger partial charge in [-0.05, 0) is 12.1 Å². The highest BCUT2D eigenvalue weighted by Crippen LogP contribution is 2.32. The molecule has 1 aromatic heterocycles. The number of hydrogen-bond donors (Lipinski definition) is 2. The fourth-order valence-electron chi connectivity index (χ4n) is 2.74. The standard InChI is InChI=1S/C18H24ClN5O3/c1-25-8-5-20-17-14(19)12-21-18(23-17)22-15-4-3-13(11-16(15)26-2)24-6-9-27-10-7-24/h3-4,11-12H,5-10H2,1-2H3,(H2,20,21,22,23). The molecule has 27 heavy (non-hydrogen) atoms. The van der Waals surface area contributed by atoms with Crippen LogP contribution in [-0.4, -0.2) is 63.6 Å². The lowest BCUT2D eigenvalue weighted by Crippen LogP contribution is -2.36. The van der Waals surface area contributed by atoms with Crippen molar-refractivity contribution in [2.45, 2.75) is 0 Å². The smallest absolute Gasteiger partial charge is 0.229 e. The quantitative estimate of drug-likeness (QED) is 0.663. The number of benzene rings is 1. The summed E-state index contributed by atoms with van der Waals surface area (Å²) in [6.45, 7) is 4.36. The second-order valence-electron chi connectivity index (χ2n) is 5.92. The van der Waals surface area contributed by atoms with E-state index in [9.17, 15) is 0 Å². The highest BCUT2D eigenvalue weighted by atomic mass is 35.5. The second-order valence-corrected chi connectivity index (χ2v) is 6.33. The molecule has 0 amide bonds. The van der Waals surface area contributed by atoms with Gasteiger partial charge in [-0.3, -0.25) is 0 Å². The van der Waals surface area contributed by atoms with Crippen LogP contribution in [0.25, 0.3) is 0 Å². The summed E-state index contributed by atoms with van der Waals surface area (Å²) in [5, 5.41) is 6.76. The molecule has 0 radical (unpaired) electrons. The summed E-state index contributed by atoms with van der Waals surface area (Å²) in [6.07, 6.45) is 1.56. The van der Waals surface area contributed by atoms with Crippen LogP contribution in [0.3, 0.4) is 0 Å². The summed E-state index contributed by atoms with van der Waals surface area (Å²) in [5.74, 6) is 1.69. The molecule has 2 N–H and O–H groups in total. The summed E-state index contributed by atoms with van der Waals surface area (Å²) >= 11 is 6.15. The minimum Gasteiger partial charge on any atom is -0.494 e. The Balaban J connectivity index is 1.75. The van der Waals surface area contributed by atoms with E-state index in [0.717, 1.165) is 37.7 Å². The van der Waals surface area contributed by atoms with Crippen molar-refractivity contribution < 1.29 is 14.2 Å². The molecule has 0 spiro atoms. The molecule has 1 aromatic carbocycles. The topological polar surface area (TPSA) is 80.8 Å². The molecule has 0 saturated carbocycles. The Morgan fingerprint density at radius 2 is 2.07 bits per heavy atom. The van der Waals surface area contributed by atoms with E-state index in [1.54, 1.807) is 20.4 Å². The van der Waals surface area contributed by atoms with Crippen molar-refractivity contribution in [1.29, 1.82) is 0 Å². The molecule has 1 saturated heterocycles. The first-order valence-corrected chi connectivity index (χ1v) is 9.12. The molecule has 1 aliphatic rings. The third kappa shape index (κ3) is 5.12. The van der Waals surface area contributed by atoms with Gasteiger partial charge in [0.2, 0.25) is 5.95 Å². The van der Waals surface area contributed by atoms with Crippen molar-refractivity contribution in [3.05, 3.63) is 29.4 Å². The zero-order valence-electron chi connectivity index (χ0n) is 15.5. The first kappa shape index (κ1) is 19.5. The van der Waals surface area contributed by atoms with Gasteiger partial charge in [-0.25, -0.2) is 4.98 Å². The van der Waals surface area contributed by atoms with E-state index in [1.807, 2.05) is 18.2 Å². The van der Waals surface area contributed by atoms with Crippen molar-refractivity contribution >= 4 is 34.7 Å². The largest absolute Gasteiger partial charge is 0.494 e. The van der Waals surface area contributed by atoms with Crippen LogP contribution >= 0.6 is 11.6 Å². The molecule has 0 bridgehead atoms. The van der Waals surface area contributed by atoms with Crippen LogP contribution in [0.15, 0.2) is 24.4 Å². The minimum atomic E-state index is 0.428. The van der Waals surface area contributed by atoms with Gasteiger partial charge >= 0.3 is 0 Å². The fraction of sp³-hybridized carbons (Fsp3) is 0.444. The molecule has 0 aliphatic carbocycles. The van der Waals surface area contributed by atoms with Crippen molar-refractivity contribution in [2.24, 2.45) is 0 Å². The number of ether oxygens (including phenoxy) is 3. The molecule has 1 fully saturated rings. The van der Waals surface area contributed by atoms with Gasteiger partial charge in [-0.2, -0.15) is 4.98 Å². The predicted molar refractivity (Wildman–Crippen MR) is 107 cm³/mol. The van der Waals surface area contributed by atoms with Crippen LogP contribution in [-0.2, 0) is 9.47 Å². The molecule has 1 aliphatic heterocycles. The van der Waals surface area contributed by atoms with E-state index < -0.39 is 0 Å². The molecule has 8 nitrogen and oxygen atoms in total. The van der Waals surface area contributed by atoms with E-state index in [-0.39, 0.29) is 0 Å². The zero-order chi connectivity index (χ0) is 19.1. The van der Waals surface area contributed by atoms with Gasteiger partial charge in [-0.15, -0.1) is 0 Å². The predicted octanol–water partition coefficient (Wildman–Crippen LogP) is 2.78. The minimum absolute atomic E-state index is 0.428. The molecule has 9 heteroatoms. The van der Waals surface area contributed by atoms with Gasteiger partial charge in [0.15, 0.2) is 5.82 Å². The Morgan fingerprint density at radius 3 is 2.81 bits per heavy atom. The second kappa shape index (κ2) is 9.59. The number of rotatable bonds is 8. The van der Waals surface area contributed by atoms with E-state index >= 15 is 0 Å². The van der Waals surface area contributed by atoms with E-state index in [2.05, 4.69) is 25.5 Å². The van der Waals surface area contributed by atoms with E-state index in [4.69, 9.17) is 25.8 Å². The summed E-state index contributed by atoms with van der Waals surface area (Å²) < 4.78 is 16.0. The number of hydrogen-bond acceptors (Lipinski definition) is 8. The maximum Gasteiger partial charge on any atom is 0.229 e. The third-order valence-corrected chi connectivity index (χ3v) is 4.43. The van der Waals surface area contributed by atoms with Crippen LogP contribution < -0.4 is 20.3 Å². The zero-order valence-corrected chi connectivity index (χ0v) is 16.3. The molecule has 0 unspecified atom stereocenters. The lowest BCUT2D eigenvalue weighted by Gasteiger charge is -2.29. The number of aromatic nitrogens is 2. The number of morpholine rings is 1. The monoisotopic (exact) mass is 393 g/mol. The van der Waals surface area contributed by atoms with Crippen LogP contribution in [0.5, 0.6) is 5.75 Å². The van der Waals surface area contributed by atoms with Crippen molar-refractivity contribution in [3.63, 3.8) is 0 Å². The van der Waals surface area contributed by atoms with E-state index in [1.165, 1.54) is 0 Å². The highest BCUT2D eigenvalue weighted by molar-refractivity contribution is 6.32. The number of nitrogens with zero attached hydrogens (tertiary/aromatic N) is 3. The lowest BCUT2D eigenvalue weighted by molar-refractivity contribution is 0.122. The van der Waals surface area contributed by atoms with Gasteiger partial charge in [0, 0.05) is 38.5 Å². The molecule has 2 heterocycles. The van der Waals surface area contributed by atoms with Crippen LogP contribution in [0, 0.1) is 0 Å². The van der Waals surface area contributed by atoms with Gasteiger partial charge in [0.05, 0.1) is 38.8 Å². The normalized spacial score (nSPS) is 14.1. The molecular formula is C18H24ClN5O3. The first-order valence-electron chi connectivity index (χ1n) is 8.74. The summed E-state index contributed by atoms with van der Waals surface area (Å²) in [7, 11) is 3.28. The van der Waals surface area contributed by atoms with Gasteiger partial charge < -0.3 is 29.7 Å². The third-order valence-electron chi connectivity index (χ3n) is 4.15. The van der Waals surface area contributed by atoms with Gasteiger partial charge in [-0.1, -0.05) is 11.6 Å². The van der Waals surface area contributed by atoms with E-state index in [0.29, 0.717) is 35.7 Å². The summed E-state index contributed by atoms with van der Waals surface area (Å²) in [5.41, 5.74) is 1.87. The Kier molecular flexibility index (Phi) is 6.92. The Bertz CT molecular complexity index is 756. The number of halogens is 1. The highest BCUT2D eigenvalue weighted by Gasteiger charge is 2.14. The number of anilines is 4. The lowest BCUT2D eigenvalue weighted by atomic mass is 10.2. The Morgan fingerprint density at radius 1 is 1.26 bits per heavy atom. The van der Waals surface area contributed by atoms with Gasteiger partial charge in [0.1, 0.15) is 10.8 Å². The van der Waals surface area contributed by atoms with Crippen LogP contribution in [0.4, 0.5) is 23.1 Å². The molecular weight excluding hydrogens is 370 g/mol. The average molecular weight is 394 g/mol.